The predicted octanol–water partition coefficient (Wildman–Crippen LogP) is 2.18. The van der Waals surface area contributed by atoms with Crippen LogP contribution in [0.1, 0.15) is 25.7 Å². The number of phenolic OH excluding ortho intramolecular Hbond substituents is 1. The first kappa shape index (κ1) is 14.2. The molecule has 0 bridgehead atoms. The molecule has 3 rings (SSSR count). The molecule has 1 aromatic rings. The number of benzene rings is 1. The molecule has 0 radical (unpaired) electrons. The molecule has 1 aliphatic carbocycles. The molecule has 1 heterocycles. The minimum atomic E-state index is -1.11. The summed E-state index contributed by atoms with van der Waals surface area (Å²) in [6.07, 6.45) is 2.47. The second-order valence-corrected chi connectivity index (χ2v) is 5.16. The molecule has 7 nitrogen and oxygen atoms in total. The van der Waals surface area contributed by atoms with Gasteiger partial charge in [0.05, 0.1) is 16.7 Å². The molecular formula is C14H11FN2O5. The maximum absolute atomic E-state index is 14.1. The molecule has 2 aliphatic rings. The third-order valence-electron chi connectivity index (χ3n) is 3.87. The number of carbonyl (C=O) groups excluding carboxylic acids is 2. The number of imide groups is 1. The second kappa shape index (κ2) is 4.90. The fourth-order valence-corrected chi connectivity index (χ4v) is 2.82. The van der Waals surface area contributed by atoms with Crippen LogP contribution in [-0.4, -0.2) is 21.8 Å². The summed E-state index contributed by atoms with van der Waals surface area (Å²) in [5, 5.41) is 20.3. The SMILES string of the molecule is O=C1C2=C(CCCC2)C(=O)N1c1cc(O)c([N+](=O)[O-])cc1F. The quantitative estimate of drug-likeness (QED) is 0.512. The molecule has 8 heteroatoms. The molecule has 0 saturated heterocycles. The lowest BCUT2D eigenvalue weighted by atomic mass is 9.93. The first-order valence-electron chi connectivity index (χ1n) is 6.69. The Bertz CT molecular complexity index is 728. The van der Waals surface area contributed by atoms with E-state index in [2.05, 4.69) is 0 Å². The highest BCUT2D eigenvalue weighted by molar-refractivity contribution is 6.33. The highest BCUT2D eigenvalue weighted by atomic mass is 19.1. The van der Waals surface area contributed by atoms with Crippen LogP contribution in [0, 0.1) is 15.9 Å². The lowest BCUT2D eigenvalue weighted by Crippen LogP contribution is -2.32. The van der Waals surface area contributed by atoms with Crippen LogP contribution in [0.3, 0.4) is 0 Å². The Morgan fingerprint density at radius 1 is 1.14 bits per heavy atom. The van der Waals surface area contributed by atoms with E-state index in [0.29, 0.717) is 35.0 Å². The number of nitro groups is 1. The zero-order valence-corrected chi connectivity index (χ0v) is 11.3. The number of hydrogen-bond donors (Lipinski definition) is 1. The molecule has 0 spiro atoms. The van der Waals surface area contributed by atoms with Gasteiger partial charge in [-0.1, -0.05) is 0 Å². The predicted molar refractivity (Wildman–Crippen MR) is 72.7 cm³/mol. The number of aromatic hydroxyl groups is 1. The number of amides is 2. The van der Waals surface area contributed by atoms with E-state index in [-0.39, 0.29) is 0 Å². The fraction of sp³-hybridized carbons (Fsp3) is 0.286. The summed E-state index contributed by atoms with van der Waals surface area (Å²) in [5.41, 5.74) is -0.549. The van der Waals surface area contributed by atoms with Crippen LogP contribution in [0.4, 0.5) is 15.8 Å². The number of nitro benzene ring substituents is 1. The molecule has 1 aliphatic heterocycles. The number of phenols is 1. The molecule has 114 valence electrons. The van der Waals surface area contributed by atoms with E-state index in [1.807, 2.05) is 0 Å². The fourth-order valence-electron chi connectivity index (χ4n) is 2.82. The largest absolute Gasteiger partial charge is 0.502 e. The topological polar surface area (TPSA) is 101 Å². The highest BCUT2D eigenvalue weighted by Gasteiger charge is 2.41. The van der Waals surface area contributed by atoms with E-state index in [4.69, 9.17) is 0 Å². The number of halogens is 1. The third-order valence-corrected chi connectivity index (χ3v) is 3.87. The molecule has 0 saturated carbocycles. The molecule has 2 amide bonds. The van der Waals surface area contributed by atoms with Gasteiger partial charge in [-0.3, -0.25) is 19.7 Å². The minimum Gasteiger partial charge on any atom is -0.502 e. The van der Waals surface area contributed by atoms with E-state index in [1.165, 1.54) is 0 Å². The summed E-state index contributed by atoms with van der Waals surface area (Å²) in [4.78, 5) is 35.0. The van der Waals surface area contributed by atoms with Crippen molar-refractivity contribution in [3.05, 3.63) is 39.2 Å². The van der Waals surface area contributed by atoms with Gasteiger partial charge in [-0.15, -0.1) is 0 Å². The molecule has 0 aromatic heterocycles. The van der Waals surface area contributed by atoms with Crippen LogP contribution in [0.15, 0.2) is 23.3 Å². The molecule has 22 heavy (non-hydrogen) atoms. The Morgan fingerprint density at radius 2 is 1.68 bits per heavy atom. The summed E-state index contributed by atoms with van der Waals surface area (Å²) in [6, 6.07) is 1.24. The van der Waals surface area contributed by atoms with Crippen molar-refractivity contribution in [1.29, 1.82) is 0 Å². The van der Waals surface area contributed by atoms with E-state index >= 15 is 0 Å². The van der Waals surface area contributed by atoms with Crippen LogP contribution in [0.25, 0.3) is 0 Å². The monoisotopic (exact) mass is 306 g/mol. The van der Waals surface area contributed by atoms with E-state index in [0.717, 1.165) is 18.9 Å². The van der Waals surface area contributed by atoms with E-state index in [9.17, 15) is 29.2 Å². The second-order valence-electron chi connectivity index (χ2n) is 5.16. The highest BCUT2D eigenvalue weighted by Crippen LogP contribution is 2.39. The average Bonchev–Trinajstić information content (AvgIpc) is 2.73. The summed E-state index contributed by atoms with van der Waals surface area (Å²) in [6.45, 7) is 0. The van der Waals surface area contributed by atoms with Crippen molar-refractivity contribution >= 4 is 23.2 Å². The maximum atomic E-state index is 14.1. The van der Waals surface area contributed by atoms with E-state index < -0.39 is 39.7 Å². The van der Waals surface area contributed by atoms with Crippen molar-refractivity contribution in [3.8, 4) is 5.75 Å². The van der Waals surface area contributed by atoms with Crippen LogP contribution in [0.2, 0.25) is 0 Å². The van der Waals surface area contributed by atoms with Crippen LogP contribution in [0.5, 0.6) is 5.75 Å². The van der Waals surface area contributed by atoms with Crippen molar-refractivity contribution in [2.75, 3.05) is 4.90 Å². The third kappa shape index (κ3) is 1.95. The van der Waals surface area contributed by atoms with Gasteiger partial charge in [0.25, 0.3) is 11.8 Å². The number of anilines is 1. The van der Waals surface area contributed by atoms with Crippen molar-refractivity contribution in [2.24, 2.45) is 0 Å². The van der Waals surface area contributed by atoms with Gasteiger partial charge in [0, 0.05) is 17.2 Å². The van der Waals surface area contributed by atoms with Crippen LogP contribution in [-0.2, 0) is 9.59 Å². The first-order chi connectivity index (χ1) is 10.4. The van der Waals surface area contributed by atoms with Crippen molar-refractivity contribution in [3.63, 3.8) is 0 Å². The normalized spacial score (nSPS) is 18.0. The van der Waals surface area contributed by atoms with Gasteiger partial charge < -0.3 is 5.11 Å². The van der Waals surface area contributed by atoms with Gasteiger partial charge in [0.1, 0.15) is 0 Å². The Morgan fingerprint density at radius 3 is 2.18 bits per heavy atom. The Balaban J connectivity index is 2.06. The van der Waals surface area contributed by atoms with Gasteiger partial charge >= 0.3 is 5.69 Å². The van der Waals surface area contributed by atoms with Gasteiger partial charge in [0.2, 0.25) is 0 Å². The van der Waals surface area contributed by atoms with Crippen LogP contribution >= 0.6 is 0 Å². The molecule has 1 aromatic carbocycles. The molecule has 0 unspecified atom stereocenters. The van der Waals surface area contributed by atoms with Gasteiger partial charge in [0.15, 0.2) is 11.6 Å². The number of rotatable bonds is 2. The Kier molecular flexibility index (Phi) is 3.16. The Hall–Kier alpha value is -2.77. The molecule has 1 N–H and O–H groups in total. The van der Waals surface area contributed by atoms with E-state index in [1.54, 1.807) is 0 Å². The first-order valence-corrected chi connectivity index (χ1v) is 6.69. The summed E-state index contributed by atoms with van der Waals surface area (Å²) in [5.74, 6) is -3.14. The molecular weight excluding hydrogens is 295 g/mol. The molecule has 0 fully saturated rings. The lowest BCUT2D eigenvalue weighted by molar-refractivity contribution is -0.386. The number of carbonyl (C=O) groups is 2. The average molecular weight is 306 g/mol. The van der Waals surface area contributed by atoms with Crippen molar-refractivity contribution in [2.45, 2.75) is 25.7 Å². The molecule has 0 atom stereocenters. The van der Waals surface area contributed by atoms with Gasteiger partial charge in [-0.2, -0.15) is 0 Å². The zero-order valence-electron chi connectivity index (χ0n) is 11.3. The summed E-state index contributed by atoms with van der Waals surface area (Å²) >= 11 is 0. The minimum absolute atomic E-state index is 0.369. The summed E-state index contributed by atoms with van der Waals surface area (Å²) < 4.78 is 14.1. The van der Waals surface area contributed by atoms with Gasteiger partial charge in [-0.05, 0) is 25.7 Å². The number of hydrogen-bond acceptors (Lipinski definition) is 5. The standard InChI is InChI=1S/C14H11FN2O5/c15-9-5-11(17(21)22)12(18)6-10(9)16-13(19)7-3-1-2-4-8(7)14(16)20/h5-6,18H,1-4H2. The Labute approximate surface area is 123 Å². The lowest BCUT2D eigenvalue weighted by Gasteiger charge is -2.16. The summed E-state index contributed by atoms with van der Waals surface area (Å²) in [7, 11) is 0. The van der Waals surface area contributed by atoms with Crippen molar-refractivity contribution < 1.29 is 24.0 Å². The van der Waals surface area contributed by atoms with Crippen molar-refractivity contribution in [1.82, 2.24) is 0 Å². The van der Waals surface area contributed by atoms with Gasteiger partial charge in [-0.25, -0.2) is 9.29 Å². The smallest absolute Gasteiger partial charge is 0.313 e. The zero-order chi connectivity index (χ0) is 16.0. The maximum Gasteiger partial charge on any atom is 0.313 e. The number of nitrogens with zero attached hydrogens (tertiary/aromatic N) is 2. The van der Waals surface area contributed by atoms with Crippen LogP contribution < -0.4 is 4.90 Å².